The van der Waals surface area contributed by atoms with Gasteiger partial charge in [0.1, 0.15) is 6.54 Å². The van der Waals surface area contributed by atoms with Gasteiger partial charge in [-0.15, -0.1) is 0 Å². The molecule has 6 heteroatoms. The topological polar surface area (TPSA) is 64.0 Å². The summed E-state index contributed by atoms with van der Waals surface area (Å²) in [5.41, 5.74) is 4.68. The highest BCUT2D eigenvalue weighted by Crippen LogP contribution is 2.24. The summed E-state index contributed by atoms with van der Waals surface area (Å²) in [5, 5.41) is 3.51. The van der Waals surface area contributed by atoms with E-state index in [0.29, 0.717) is 10.9 Å². The molecule has 0 saturated heterocycles. The molecule has 1 aliphatic carbocycles. The molecule has 2 aromatic carbocycles. The molecule has 0 aliphatic heterocycles. The number of fused-ring (bicyclic) bond motifs is 1. The van der Waals surface area contributed by atoms with Crippen molar-refractivity contribution in [3.63, 3.8) is 0 Å². The second-order valence-electron chi connectivity index (χ2n) is 7.44. The third-order valence-corrected chi connectivity index (χ3v) is 6.36. The van der Waals surface area contributed by atoms with Crippen LogP contribution in [0, 0.1) is 0 Å². The lowest BCUT2D eigenvalue weighted by atomic mass is 10.1. The van der Waals surface area contributed by atoms with Gasteiger partial charge in [-0.2, -0.15) is 0 Å². The van der Waals surface area contributed by atoms with Crippen LogP contribution in [-0.4, -0.2) is 15.5 Å². The average Bonchev–Trinajstić information content (AvgIpc) is 3.24. The normalized spacial score (nSPS) is 12.6. The number of benzene rings is 2. The first-order chi connectivity index (χ1) is 14.6. The number of thioether (sulfide) groups is 1. The van der Waals surface area contributed by atoms with Crippen LogP contribution in [0.2, 0.25) is 0 Å². The number of aromatic nitrogens is 2. The Balaban J connectivity index is 1.55. The van der Waals surface area contributed by atoms with Gasteiger partial charge in [-0.25, -0.2) is 4.98 Å². The molecule has 30 heavy (non-hydrogen) atoms. The van der Waals surface area contributed by atoms with E-state index in [1.54, 1.807) is 0 Å². The van der Waals surface area contributed by atoms with E-state index in [1.807, 2.05) is 42.5 Å². The molecule has 0 atom stereocenters. The quantitative estimate of drug-likeness (QED) is 0.460. The number of hydrogen-bond donors (Lipinski definition) is 1. The number of hydrogen-bond acceptors (Lipinski definition) is 4. The van der Waals surface area contributed by atoms with Gasteiger partial charge < -0.3 is 5.32 Å². The van der Waals surface area contributed by atoms with Gasteiger partial charge in [0.15, 0.2) is 5.16 Å². The van der Waals surface area contributed by atoms with Crippen LogP contribution < -0.4 is 10.9 Å². The summed E-state index contributed by atoms with van der Waals surface area (Å²) in [6, 6.07) is 17.9. The van der Waals surface area contributed by atoms with Gasteiger partial charge in [0.05, 0.1) is 5.69 Å². The van der Waals surface area contributed by atoms with Gasteiger partial charge in [-0.05, 0) is 48.9 Å². The van der Waals surface area contributed by atoms with Crippen LogP contribution >= 0.6 is 11.8 Å². The molecular formula is C24H25N3O2S. The predicted octanol–water partition coefficient (Wildman–Crippen LogP) is 4.23. The predicted molar refractivity (Wildman–Crippen MR) is 121 cm³/mol. The molecule has 0 saturated carbocycles. The Morgan fingerprint density at radius 2 is 1.83 bits per heavy atom. The second-order valence-corrected chi connectivity index (χ2v) is 8.38. The van der Waals surface area contributed by atoms with Crippen LogP contribution in [0.25, 0.3) is 0 Å². The fourth-order valence-corrected chi connectivity index (χ4v) is 4.61. The average molecular weight is 420 g/mol. The fraction of sp³-hybridized carbons (Fsp3) is 0.292. The molecule has 0 unspecified atom stereocenters. The molecule has 0 bridgehead atoms. The molecule has 1 N–H and O–H groups in total. The van der Waals surface area contributed by atoms with Gasteiger partial charge in [0.25, 0.3) is 5.56 Å². The van der Waals surface area contributed by atoms with E-state index in [0.717, 1.165) is 48.2 Å². The van der Waals surface area contributed by atoms with Crippen molar-refractivity contribution in [1.29, 1.82) is 0 Å². The molecule has 154 valence electrons. The van der Waals surface area contributed by atoms with E-state index in [4.69, 9.17) is 4.98 Å². The van der Waals surface area contributed by atoms with Crippen LogP contribution in [0.4, 0.5) is 5.69 Å². The van der Waals surface area contributed by atoms with E-state index >= 15 is 0 Å². The molecule has 5 nitrogen and oxygen atoms in total. The highest BCUT2D eigenvalue weighted by Gasteiger charge is 2.22. The number of rotatable bonds is 7. The molecule has 1 aromatic heterocycles. The second kappa shape index (κ2) is 9.30. The van der Waals surface area contributed by atoms with Crippen LogP contribution in [0.5, 0.6) is 0 Å². The van der Waals surface area contributed by atoms with Crippen molar-refractivity contribution in [1.82, 2.24) is 9.55 Å². The summed E-state index contributed by atoms with van der Waals surface area (Å²) in [4.78, 5) is 30.6. The maximum absolute atomic E-state index is 13.1. The zero-order chi connectivity index (χ0) is 20.9. The third kappa shape index (κ3) is 4.65. The molecule has 3 aromatic rings. The number of carbonyl (C=O) groups is 1. The van der Waals surface area contributed by atoms with E-state index in [1.165, 1.54) is 21.9 Å². The Morgan fingerprint density at radius 1 is 1.07 bits per heavy atom. The first kappa shape index (κ1) is 20.4. The van der Waals surface area contributed by atoms with Crippen molar-refractivity contribution in [2.45, 2.75) is 50.1 Å². The largest absolute Gasteiger partial charge is 0.325 e. The first-order valence-electron chi connectivity index (χ1n) is 10.3. The highest BCUT2D eigenvalue weighted by atomic mass is 32.2. The van der Waals surface area contributed by atoms with Crippen molar-refractivity contribution in [2.24, 2.45) is 0 Å². The summed E-state index contributed by atoms with van der Waals surface area (Å²) < 4.78 is 1.54. The Bertz CT molecular complexity index is 1090. The summed E-state index contributed by atoms with van der Waals surface area (Å²) in [6.07, 6.45) is 3.47. The minimum absolute atomic E-state index is 0.0359. The van der Waals surface area contributed by atoms with Crippen molar-refractivity contribution in [2.75, 3.05) is 5.32 Å². The smallest absolute Gasteiger partial charge is 0.258 e. The lowest BCUT2D eigenvalue weighted by Crippen LogP contribution is -2.32. The molecule has 0 radical (unpaired) electrons. The van der Waals surface area contributed by atoms with Gasteiger partial charge >= 0.3 is 0 Å². The molecule has 1 heterocycles. The van der Waals surface area contributed by atoms with E-state index in [9.17, 15) is 9.59 Å². The van der Waals surface area contributed by atoms with Crippen LogP contribution in [0.1, 0.15) is 35.7 Å². The summed E-state index contributed by atoms with van der Waals surface area (Å²) in [6.45, 7) is 2.06. The first-order valence-corrected chi connectivity index (χ1v) is 11.3. The third-order valence-electron chi connectivity index (χ3n) is 5.31. The maximum Gasteiger partial charge on any atom is 0.258 e. The van der Waals surface area contributed by atoms with Gasteiger partial charge in [-0.1, -0.05) is 61.2 Å². The van der Waals surface area contributed by atoms with Gasteiger partial charge in [-0.3, -0.25) is 14.2 Å². The van der Waals surface area contributed by atoms with Crippen LogP contribution in [-0.2, 0) is 36.4 Å². The van der Waals surface area contributed by atoms with Gasteiger partial charge in [0.2, 0.25) is 5.91 Å². The summed E-state index contributed by atoms with van der Waals surface area (Å²) in [5.74, 6) is 0.481. The number of carbonyl (C=O) groups excluding carboxylic acids is 1. The number of amides is 1. The van der Waals surface area contributed by atoms with E-state index in [2.05, 4.69) is 24.4 Å². The lowest BCUT2D eigenvalue weighted by molar-refractivity contribution is -0.116. The number of anilines is 1. The Hall–Kier alpha value is -2.86. The lowest BCUT2D eigenvalue weighted by Gasteiger charge is -2.14. The molecule has 1 aliphatic rings. The van der Waals surface area contributed by atoms with Crippen LogP contribution in [0.3, 0.4) is 0 Å². The number of nitrogens with one attached hydrogen (secondary N) is 1. The fourth-order valence-electron chi connectivity index (χ4n) is 3.65. The van der Waals surface area contributed by atoms with Gasteiger partial charge in [0, 0.05) is 17.0 Å². The Kier molecular flexibility index (Phi) is 6.33. The number of nitrogens with zero attached hydrogens (tertiary/aromatic N) is 2. The molecular weight excluding hydrogens is 394 g/mol. The van der Waals surface area contributed by atoms with E-state index < -0.39 is 0 Å². The van der Waals surface area contributed by atoms with Crippen molar-refractivity contribution in [3.05, 3.63) is 87.3 Å². The summed E-state index contributed by atoms with van der Waals surface area (Å²) in [7, 11) is 0. The SMILES string of the molecule is CCc1ccc(NC(=O)Cn2c(SCc3ccccc3)nc3c(c2=O)CCC3)cc1. The van der Waals surface area contributed by atoms with E-state index in [-0.39, 0.29) is 18.0 Å². The number of aryl methyl sites for hydroxylation is 2. The monoisotopic (exact) mass is 419 g/mol. The maximum atomic E-state index is 13.1. The highest BCUT2D eigenvalue weighted by molar-refractivity contribution is 7.98. The zero-order valence-corrected chi connectivity index (χ0v) is 17.9. The molecule has 1 amide bonds. The minimum Gasteiger partial charge on any atom is -0.325 e. The minimum atomic E-state index is -0.220. The molecule has 4 rings (SSSR count). The van der Waals surface area contributed by atoms with Crippen molar-refractivity contribution >= 4 is 23.4 Å². The standard InChI is InChI=1S/C24H25N3O2S/c1-2-17-11-13-19(14-12-17)25-22(28)15-27-23(29)20-9-6-10-21(20)26-24(27)30-16-18-7-4-3-5-8-18/h3-5,7-8,11-14H,2,6,9-10,15-16H2,1H3,(H,25,28). The molecule has 0 spiro atoms. The van der Waals surface area contributed by atoms with Crippen LogP contribution in [0.15, 0.2) is 64.5 Å². The summed E-state index contributed by atoms with van der Waals surface area (Å²) >= 11 is 1.51. The Morgan fingerprint density at radius 3 is 2.57 bits per heavy atom. The van der Waals surface area contributed by atoms with Crippen molar-refractivity contribution < 1.29 is 4.79 Å². The Labute approximate surface area is 180 Å². The van der Waals surface area contributed by atoms with Crippen molar-refractivity contribution in [3.8, 4) is 0 Å². The molecule has 0 fully saturated rings. The zero-order valence-electron chi connectivity index (χ0n) is 17.1.